The lowest BCUT2D eigenvalue weighted by Crippen LogP contribution is -2.03. The van der Waals surface area contributed by atoms with Gasteiger partial charge in [-0.2, -0.15) is 0 Å². The van der Waals surface area contributed by atoms with E-state index in [-0.39, 0.29) is 5.69 Å². The molecule has 0 unspecified atom stereocenters. The number of anilines is 1. The van der Waals surface area contributed by atoms with E-state index in [4.69, 9.17) is 27.9 Å². The summed E-state index contributed by atoms with van der Waals surface area (Å²) in [6, 6.07) is 9.74. The van der Waals surface area contributed by atoms with Gasteiger partial charge in [-0.15, -0.1) is 0 Å². The van der Waals surface area contributed by atoms with E-state index in [9.17, 15) is 10.1 Å². The van der Waals surface area contributed by atoms with Crippen LogP contribution >= 0.6 is 23.2 Å². The van der Waals surface area contributed by atoms with E-state index in [1.807, 2.05) is 0 Å². The van der Waals surface area contributed by atoms with Crippen LogP contribution in [0.25, 0.3) is 0 Å². The minimum Gasteiger partial charge on any atom is -0.496 e. The number of rotatable bonds is 5. The number of nitrogens with one attached hydrogen (secondary N) is 1. The van der Waals surface area contributed by atoms with Gasteiger partial charge >= 0.3 is 0 Å². The molecule has 0 aromatic heterocycles. The van der Waals surface area contributed by atoms with E-state index in [0.29, 0.717) is 28.0 Å². The molecule has 0 spiro atoms. The van der Waals surface area contributed by atoms with E-state index in [1.54, 1.807) is 30.3 Å². The first-order valence-electron chi connectivity index (χ1n) is 6.01. The maximum Gasteiger partial charge on any atom is 0.296 e. The lowest BCUT2D eigenvalue weighted by molar-refractivity contribution is -0.384. The predicted molar refractivity (Wildman–Crippen MR) is 83.4 cm³/mol. The Labute approximate surface area is 131 Å². The molecule has 2 aromatic carbocycles. The molecule has 0 aliphatic rings. The van der Waals surface area contributed by atoms with E-state index in [0.717, 1.165) is 5.56 Å². The van der Waals surface area contributed by atoms with Crippen LogP contribution in [0.5, 0.6) is 5.75 Å². The highest BCUT2D eigenvalue weighted by Gasteiger charge is 2.14. The normalized spacial score (nSPS) is 10.2. The standard InChI is InChI=1S/C14H12Cl2N2O3/c1-21-12-2-3-13(14(7-12)18(19)20)17-8-9-4-10(15)6-11(16)5-9/h2-7,17H,8H2,1H3. The fraction of sp³-hybridized carbons (Fsp3) is 0.143. The molecule has 7 heteroatoms. The molecular formula is C14H12Cl2N2O3. The van der Waals surface area contributed by atoms with Crippen LogP contribution < -0.4 is 10.1 Å². The smallest absolute Gasteiger partial charge is 0.296 e. The molecule has 0 radical (unpaired) electrons. The molecule has 0 atom stereocenters. The first-order chi connectivity index (χ1) is 9.99. The van der Waals surface area contributed by atoms with Crippen LogP contribution in [0.15, 0.2) is 36.4 Å². The lowest BCUT2D eigenvalue weighted by atomic mass is 10.2. The number of nitro groups is 1. The summed E-state index contributed by atoms with van der Waals surface area (Å²) in [6.45, 7) is 0.369. The van der Waals surface area contributed by atoms with E-state index >= 15 is 0 Å². The second-order valence-electron chi connectivity index (χ2n) is 4.27. The maximum atomic E-state index is 11.1. The number of halogens is 2. The fourth-order valence-electron chi connectivity index (χ4n) is 1.85. The van der Waals surface area contributed by atoms with Gasteiger partial charge < -0.3 is 10.1 Å². The second-order valence-corrected chi connectivity index (χ2v) is 5.14. The molecule has 110 valence electrons. The van der Waals surface area contributed by atoms with Crippen molar-refractivity contribution in [2.75, 3.05) is 12.4 Å². The van der Waals surface area contributed by atoms with E-state index < -0.39 is 4.92 Å². The molecule has 0 fully saturated rings. The highest BCUT2D eigenvalue weighted by molar-refractivity contribution is 6.34. The van der Waals surface area contributed by atoms with Crippen LogP contribution in [-0.4, -0.2) is 12.0 Å². The summed E-state index contributed by atoms with van der Waals surface area (Å²) >= 11 is 11.8. The van der Waals surface area contributed by atoms with E-state index in [2.05, 4.69) is 5.32 Å². The van der Waals surface area contributed by atoms with Crippen LogP contribution in [0.4, 0.5) is 11.4 Å². The van der Waals surface area contributed by atoms with Crippen molar-refractivity contribution >= 4 is 34.6 Å². The predicted octanol–water partition coefficient (Wildman–Crippen LogP) is 4.52. The summed E-state index contributed by atoms with van der Waals surface area (Å²) < 4.78 is 4.99. The van der Waals surface area contributed by atoms with Gasteiger partial charge in [-0.3, -0.25) is 10.1 Å². The molecule has 0 aliphatic carbocycles. The Kier molecular flexibility index (Phi) is 4.88. The maximum absolute atomic E-state index is 11.1. The SMILES string of the molecule is COc1ccc(NCc2cc(Cl)cc(Cl)c2)c([N+](=O)[O-])c1. The summed E-state index contributed by atoms with van der Waals surface area (Å²) in [7, 11) is 1.46. The largest absolute Gasteiger partial charge is 0.496 e. The summed E-state index contributed by atoms with van der Waals surface area (Å²) in [5, 5.41) is 15.1. The minimum atomic E-state index is -0.462. The number of nitrogens with zero attached hydrogens (tertiary/aromatic N) is 1. The van der Waals surface area contributed by atoms with Crippen molar-refractivity contribution < 1.29 is 9.66 Å². The summed E-state index contributed by atoms with van der Waals surface area (Å²) in [5.74, 6) is 0.429. The van der Waals surface area contributed by atoms with Gasteiger partial charge in [0.15, 0.2) is 0 Å². The summed E-state index contributed by atoms with van der Waals surface area (Å²) in [4.78, 5) is 10.6. The number of ether oxygens (including phenoxy) is 1. The summed E-state index contributed by atoms with van der Waals surface area (Å²) in [6.07, 6.45) is 0. The van der Waals surface area contributed by atoms with Crippen molar-refractivity contribution in [1.82, 2.24) is 0 Å². The fourth-order valence-corrected chi connectivity index (χ4v) is 2.42. The Morgan fingerprint density at radius 1 is 1.19 bits per heavy atom. The van der Waals surface area contributed by atoms with Crippen LogP contribution in [-0.2, 0) is 6.54 Å². The van der Waals surface area contributed by atoms with Crippen molar-refractivity contribution in [2.24, 2.45) is 0 Å². The van der Waals surface area contributed by atoms with Crippen molar-refractivity contribution in [2.45, 2.75) is 6.54 Å². The molecule has 0 aliphatic heterocycles. The Morgan fingerprint density at radius 2 is 1.86 bits per heavy atom. The third-order valence-corrected chi connectivity index (χ3v) is 3.24. The molecule has 21 heavy (non-hydrogen) atoms. The zero-order chi connectivity index (χ0) is 15.4. The molecule has 0 amide bonds. The highest BCUT2D eigenvalue weighted by Crippen LogP contribution is 2.29. The zero-order valence-corrected chi connectivity index (χ0v) is 12.6. The molecule has 0 heterocycles. The Hall–Kier alpha value is -1.98. The van der Waals surface area contributed by atoms with Crippen molar-refractivity contribution in [1.29, 1.82) is 0 Å². The third kappa shape index (κ3) is 4.00. The van der Waals surface area contributed by atoms with Crippen LogP contribution in [0.3, 0.4) is 0 Å². The van der Waals surface area contributed by atoms with E-state index in [1.165, 1.54) is 13.2 Å². The number of hydrogen-bond donors (Lipinski definition) is 1. The van der Waals surface area contributed by atoms with Gasteiger partial charge in [0.05, 0.1) is 18.1 Å². The first kappa shape index (κ1) is 15.4. The number of methoxy groups -OCH3 is 1. The molecule has 0 saturated carbocycles. The average Bonchev–Trinajstić information content (AvgIpc) is 2.43. The molecule has 2 aromatic rings. The van der Waals surface area contributed by atoms with Gasteiger partial charge in [-0.1, -0.05) is 23.2 Å². The Bertz CT molecular complexity index is 657. The van der Waals surface area contributed by atoms with Crippen LogP contribution in [0.2, 0.25) is 10.0 Å². The van der Waals surface area contributed by atoms with Gasteiger partial charge in [0.1, 0.15) is 11.4 Å². The number of nitro benzene ring substituents is 1. The Morgan fingerprint density at radius 3 is 2.43 bits per heavy atom. The third-order valence-electron chi connectivity index (χ3n) is 2.81. The summed E-state index contributed by atoms with van der Waals surface area (Å²) in [5.41, 5.74) is 1.18. The number of hydrogen-bond acceptors (Lipinski definition) is 4. The quantitative estimate of drug-likeness (QED) is 0.648. The van der Waals surface area contributed by atoms with Crippen molar-refractivity contribution in [3.05, 3.63) is 62.1 Å². The molecule has 2 rings (SSSR count). The minimum absolute atomic E-state index is 0.0533. The van der Waals surface area contributed by atoms with Gasteiger partial charge in [-0.25, -0.2) is 0 Å². The topological polar surface area (TPSA) is 64.4 Å². The molecule has 0 saturated heterocycles. The highest BCUT2D eigenvalue weighted by atomic mass is 35.5. The monoisotopic (exact) mass is 326 g/mol. The Balaban J connectivity index is 2.21. The van der Waals surface area contributed by atoms with Gasteiger partial charge in [0.25, 0.3) is 5.69 Å². The molecule has 1 N–H and O–H groups in total. The van der Waals surface area contributed by atoms with Crippen molar-refractivity contribution in [3.63, 3.8) is 0 Å². The van der Waals surface area contributed by atoms with Gasteiger partial charge in [-0.05, 0) is 35.9 Å². The molecule has 0 bridgehead atoms. The van der Waals surface area contributed by atoms with Crippen LogP contribution in [0, 0.1) is 10.1 Å². The molecular weight excluding hydrogens is 315 g/mol. The second kappa shape index (κ2) is 6.65. The average molecular weight is 327 g/mol. The lowest BCUT2D eigenvalue weighted by Gasteiger charge is -2.09. The van der Waals surface area contributed by atoms with Crippen LogP contribution in [0.1, 0.15) is 5.56 Å². The van der Waals surface area contributed by atoms with Gasteiger partial charge in [0, 0.05) is 16.6 Å². The number of benzene rings is 2. The first-order valence-corrected chi connectivity index (χ1v) is 6.76. The molecule has 5 nitrogen and oxygen atoms in total. The zero-order valence-electron chi connectivity index (χ0n) is 11.1. The van der Waals surface area contributed by atoms with Gasteiger partial charge in [0.2, 0.25) is 0 Å². The van der Waals surface area contributed by atoms with Crippen molar-refractivity contribution in [3.8, 4) is 5.75 Å².